The SMILES string of the molecule is CC[C@@]1(C)Cc2ccccc2-c2nc(SCC(=O)NCc3ccccc3)[nH]c(=O)c21. The summed E-state index contributed by atoms with van der Waals surface area (Å²) in [4.78, 5) is 33.0. The van der Waals surface area contributed by atoms with Crippen LogP contribution in [0.1, 0.15) is 37.0 Å². The monoisotopic (exact) mass is 419 g/mol. The second kappa shape index (κ2) is 8.48. The number of nitrogens with zero attached hydrogens (tertiary/aromatic N) is 1. The van der Waals surface area contributed by atoms with Crippen molar-refractivity contribution in [2.24, 2.45) is 0 Å². The van der Waals surface area contributed by atoms with Crippen LogP contribution < -0.4 is 10.9 Å². The molecule has 2 aromatic carbocycles. The molecule has 0 radical (unpaired) electrons. The molecule has 0 unspecified atom stereocenters. The summed E-state index contributed by atoms with van der Waals surface area (Å²) in [6.45, 7) is 4.72. The zero-order chi connectivity index (χ0) is 21.1. The van der Waals surface area contributed by atoms with E-state index in [0.29, 0.717) is 11.7 Å². The maximum atomic E-state index is 13.0. The van der Waals surface area contributed by atoms with Crippen LogP contribution in [0, 0.1) is 0 Å². The van der Waals surface area contributed by atoms with E-state index in [1.165, 1.54) is 17.3 Å². The minimum atomic E-state index is -0.249. The number of carbonyl (C=O) groups excluding carboxylic acids is 1. The van der Waals surface area contributed by atoms with E-state index in [9.17, 15) is 9.59 Å². The lowest BCUT2D eigenvalue weighted by Gasteiger charge is -2.34. The summed E-state index contributed by atoms with van der Waals surface area (Å²) in [6, 6.07) is 17.9. The molecule has 154 valence electrons. The van der Waals surface area contributed by atoms with Crippen LogP contribution in [0.25, 0.3) is 11.3 Å². The molecule has 1 aliphatic rings. The normalized spacial score (nSPS) is 17.1. The summed E-state index contributed by atoms with van der Waals surface area (Å²) < 4.78 is 0. The van der Waals surface area contributed by atoms with E-state index in [1.807, 2.05) is 48.5 Å². The molecular weight excluding hydrogens is 394 g/mol. The molecule has 0 bridgehead atoms. The number of H-pyrrole nitrogens is 1. The molecule has 0 saturated carbocycles. The summed E-state index contributed by atoms with van der Waals surface area (Å²) in [5.41, 5.74) is 4.42. The van der Waals surface area contributed by atoms with Crippen LogP contribution >= 0.6 is 11.8 Å². The fourth-order valence-corrected chi connectivity index (χ4v) is 4.66. The van der Waals surface area contributed by atoms with Gasteiger partial charge in [-0.05, 0) is 24.0 Å². The number of aromatic nitrogens is 2. The number of benzene rings is 2. The molecule has 1 aliphatic carbocycles. The van der Waals surface area contributed by atoms with E-state index < -0.39 is 0 Å². The molecule has 4 rings (SSSR count). The molecule has 1 aromatic heterocycles. The quantitative estimate of drug-likeness (QED) is 0.467. The number of carbonyl (C=O) groups is 1. The fourth-order valence-electron chi connectivity index (χ4n) is 3.97. The lowest BCUT2D eigenvalue weighted by atomic mass is 9.69. The first-order chi connectivity index (χ1) is 14.5. The highest BCUT2D eigenvalue weighted by Crippen LogP contribution is 2.42. The molecule has 6 heteroatoms. The van der Waals surface area contributed by atoms with Gasteiger partial charge in [0.25, 0.3) is 5.56 Å². The predicted octanol–water partition coefficient (Wildman–Crippen LogP) is 4.07. The summed E-state index contributed by atoms with van der Waals surface area (Å²) >= 11 is 1.25. The van der Waals surface area contributed by atoms with Crippen LogP contribution in [-0.2, 0) is 23.2 Å². The lowest BCUT2D eigenvalue weighted by Crippen LogP contribution is -2.36. The Kier molecular flexibility index (Phi) is 5.77. The van der Waals surface area contributed by atoms with Gasteiger partial charge in [-0.2, -0.15) is 0 Å². The van der Waals surface area contributed by atoms with Gasteiger partial charge in [0, 0.05) is 23.1 Å². The van der Waals surface area contributed by atoms with Crippen molar-refractivity contribution in [2.45, 2.75) is 43.8 Å². The number of rotatable bonds is 6. The molecule has 1 atom stereocenters. The molecule has 30 heavy (non-hydrogen) atoms. The first-order valence-electron chi connectivity index (χ1n) is 10.2. The van der Waals surface area contributed by atoms with Crippen LogP contribution in [-0.4, -0.2) is 21.6 Å². The third kappa shape index (κ3) is 4.05. The van der Waals surface area contributed by atoms with Gasteiger partial charge in [-0.1, -0.05) is 80.2 Å². The van der Waals surface area contributed by atoms with Crippen molar-refractivity contribution in [3.8, 4) is 11.3 Å². The average Bonchev–Trinajstić information content (AvgIpc) is 2.76. The Hall–Kier alpha value is -2.86. The molecule has 2 N–H and O–H groups in total. The number of nitrogens with one attached hydrogen (secondary N) is 2. The van der Waals surface area contributed by atoms with Crippen molar-refractivity contribution in [2.75, 3.05) is 5.75 Å². The number of hydrogen-bond acceptors (Lipinski definition) is 4. The van der Waals surface area contributed by atoms with E-state index in [1.54, 1.807) is 0 Å². The van der Waals surface area contributed by atoms with Gasteiger partial charge in [0.2, 0.25) is 5.91 Å². The molecule has 0 saturated heterocycles. The first-order valence-corrected chi connectivity index (χ1v) is 11.2. The lowest BCUT2D eigenvalue weighted by molar-refractivity contribution is -0.118. The second-order valence-electron chi connectivity index (χ2n) is 7.89. The van der Waals surface area contributed by atoms with E-state index in [2.05, 4.69) is 30.2 Å². The van der Waals surface area contributed by atoms with Crippen molar-refractivity contribution in [1.82, 2.24) is 15.3 Å². The molecule has 1 heterocycles. The Morgan fingerprint density at radius 1 is 1.17 bits per heavy atom. The van der Waals surface area contributed by atoms with E-state index in [0.717, 1.165) is 35.2 Å². The van der Waals surface area contributed by atoms with Gasteiger partial charge in [-0.25, -0.2) is 4.98 Å². The number of aromatic amines is 1. The van der Waals surface area contributed by atoms with Crippen LogP contribution in [0.3, 0.4) is 0 Å². The van der Waals surface area contributed by atoms with Gasteiger partial charge in [0.05, 0.1) is 11.4 Å². The standard InChI is InChI=1S/C24H25N3O2S/c1-3-24(2)13-17-11-7-8-12-18(17)21-20(24)22(29)27-23(26-21)30-15-19(28)25-14-16-9-5-4-6-10-16/h4-12H,3,13-15H2,1-2H3,(H,25,28)(H,26,27,29)/t24-/m0/s1. The summed E-state index contributed by atoms with van der Waals surface area (Å²) in [5, 5.41) is 3.38. The van der Waals surface area contributed by atoms with E-state index >= 15 is 0 Å². The van der Waals surface area contributed by atoms with Crippen molar-refractivity contribution in [1.29, 1.82) is 0 Å². The van der Waals surface area contributed by atoms with Gasteiger partial charge < -0.3 is 10.3 Å². The molecule has 3 aromatic rings. The molecule has 0 spiro atoms. The number of hydrogen-bond donors (Lipinski definition) is 2. The summed E-state index contributed by atoms with van der Waals surface area (Å²) in [6.07, 6.45) is 1.68. The summed E-state index contributed by atoms with van der Waals surface area (Å²) in [5.74, 6) is 0.101. The van der Waals surface area contributed by atoms with Crippen LogP contribution in [0.5, 0.6) is 0 Å². The summed E-state index contributed by atoms with van der Waals surface area (Å²) in [7, 11) is 0. The minimum Gasteiger partial charge on any atom is -0.351 e. The van der Waals surface area contributed by atoms with Gasteiger partial charge in [-0.3, -0.25) is 9.59 Å². The van der Waals surface area contributed by atoms with Crippen molar-refractivity contribution in [3.63, 3.8) is 0 Å². The Bertz CT molecular complexity index is 1130. The fraction of sp³-hybridized carbons (Fsp3) is 0.292. The van der Waals surface area contributed by atoms with Crippen LogP contribution in [0.15, 0.2) is 64.5 Å². The van der Waals surface area contributed by atoms with Crippen LogP contribution in [0.4, 0.5) is 0 Å². The molecule has 5 nitrogen and oxygen atoms in total. The Morgan fingerprint density at radius 3 is 2.67 bits per heavy atom. The Labute approximate surface area is 180 Å². The minimum absolute atomic E-state index is 0.0944. The highest BCUT2D eigenvalue weighted by Gasteiger charge is 2.37. The van der Waals surface area contributed by atoms with Gasteiger partial charge in [0.15, 0.2) is 5.16 Å². The third-order valence-electron chi connectivity index (χ3n) is 5.81. The highest BCUT2D eigenvalue weighted by molar-refractivity contribution is 7.99. The molecule has 0 fully saturated rings. The second-order valence-corrected chi connectivity index (χ2v) is 8.86. The number of thioether (sulfide) groups is 1. The van der Waals surface area contributed by atoms with Crippen LogP contribution in [0.2, 0.25) is 0 Å². The zero-order valence-corrected chi connectivity index (χ0v) is 18.0. The van der Waals surface area contributed by atoms with E-state index in [-0.39, 0.29) is 22.6 Å². The predicted molar refractivity (Wildman–Crippen MR) is 121 cm³/mol. The maximum absolute atomic E-state index is 13.0. The Balaban J connectivity index is 1.55. The van der Waals surface area contributed by atoms with Crippen molar-refractivity contribution in [3.05, 3.63) is 81.6 Å². The molecule has 1 amide bonds. The first kappa shape index (κ1) is 20.4. The number of fused-ring (bicyclic) bond motifs is 3. The van der Waals surface area contributed by atoms with Gasteiger partial charge in [0.1, 0.15) is 0 Å². The van der Waals surface area contributed by atoms with Crippen molar-refractivity contribution >= 4 is 17.7 Å². The Morgan fingerprint density at radius 2 is 1.90 bits per heavy atom. The maximum Gasteiger partial charge on any atom is 0.255 e. The van der Waals surface area contributed by atoms with E-state index in [4.69, 9.17) is 4.98 Å². The van der Waals surface area contributed by atoms with Gasteiger partial charge in [-0.15, -0.1) is 0 Å². The smallest absolute Gasteiger partial charge is 0.255 e. The van der Waals surface area contributed by atoms with Gasteiger partial charge >= 0.3 is 0 Å². The largest absolute Gasteiger partial charge is 0.351 e. The molecular formula is C24H25N3O2S. The average molecular weight is 420 g/mol. The zero-order valence-electron chi connectivity index (χ0n) is 17.2. The number of amides is 1. The topological polar surface area (TPSA) is 74.8 Å². The third-order valence-corrected chi connectivity index (χ3v) is 6.68. The highest BCUT2D eigenvalue weighted by atomic mass is 32.2. The van der Waals surface area contributed by atoms with Crippen molar-refractivity contribution < 1.29 is 4.79 Å². The molecule has 0 aliphatic heterocycles.